The van der Waals surface area contributed by atoms with E-state index in [1.165, 1.54) is 24.3 Å². The summed E-state index contributed by atoms with van der Waals surface area (Å²) < 4.78 is 33.3. The van der Waals surface area contributed by atoms with Crippen LogP contribution in [0.3, 0.4) is 0 Å². The number of fused-ring (bicyclic) bond motifs is 1. The van der Waals surface area contributed by atoms with Crippen molar-refractivity contribution in [2.24, 2.45) is 0 Å². The lowest BCUT2D eigenvalue weighted by atomic mass is 10.0. The van der Waals surface area contributed by atoms with Crippen molar-refractivity contribution in [3.8, 4) is 11.3 Å². The molecular formula is C22H14F2O2. The van der Waals surface area contributed by atoms with E-state index in [-0.39, 0.29) is 11.4 Å². The molecule has 0 fully saturated rings. The Labute approximate surface area is 148 Å². The first-order valence-electron chi connectivity index (χ1n) is 8.14. The average molecular weight is 348 g/mol. The second kappa shape index (κ2) is 6.56. The van der Waals surface area contributed by atoms with Crippen LogP contribution in [0, 0.1) is 11.6 Å². The standard InChI is InChI=1S/C22H14F2O2/c23-18-3-1-2-14(10-18)8-15-5-7-21-17(9-15)12-22(26-21)19-6-4-16(13-25)11-20(19)24/h1-7,9-13H,8H2. The highest BCUT2D eigenvalue weighted by Gasteiger charge is 2.12. The molecule has 2 nitrogen and oxygen atoms in total. The molecule has 26 heavy (non-hydrogen) atoms. The van der Waals surface area contributed by atoms with Crippen LogP contribution in [0.2, 0.25) is 0 Å². The smallest absolute Gasteiger partial charge is 0.150 e. The van der Waals surface area contributed by atoms with Gasteiger partial charge in [-0.2, -0.15) is 0 Å². The largest absolute Gasteiger partial charge is 0.456 e. The Bertz CT molecular complexity index is 1110. The van der Waals surface area contributed by atoms with Crippen molar-refractivity contribution in [2.45, 2.75) is 6.42 Å². The van der Waals surface area contributed by atoms with E-state index in [1.54, 1.807) is 18.2 Å². The van der Waals surface area contributed by atoms with Gasteiger partial charge in [-0.3, -0.25) is 4.79 Å². The minimum atomic E-state index is -0.506. The molecule has 0 amide bonds. The van der Waals surface area contributed by atoms with Crippen LogP contribution in [0.5, 0.6) is 0 Å². The molecule has 4 rings (SSSR count). The van der Waals surface area contributed by atoms with Gasteiger partial charge in [-0.1, -0.05) is 24.3 Å². The second-order valence-corrected chi connectivity index (χ2v) is 6.15. The number of hydrogen-bond acceptors (Lipinski definition) is 2. The van der Waals surface area contributed by atoms with Crippen molar-refractivity contribution in [2.75, 3.05) is 0 Å². The number of aldehydes is 1. The first-order chi connectivity index (χ1) is 12.6. The summed E-state index contributed by atoms with van der Waals surface area (Å²) in [6.45, 7) is 0. The Morgan fingerprint density at radius 3 is 2.50 bits per heavy atom. The molecule has 0 unspecified atom stereocenters. The third kappa shape index (κ3) is 3.14. The zero-order chi connectivity index (χ0) is 18.1. The van der Waals surface area contributed by atoms with Crippen molar-refractivity contribution in [1.82, 2.24) is 0 Å². The third-order valence-corrected chi connectivity index (χ3v) is 4.27. The number of benzene rings is 3. The molecule has 128 valence electrons. The van der Waals surface area contributed by atoms with Crippen LogP contribution in [0.15, 0.2) is 71.1 Å². The Morgan fingerprint density at radius 2 is 1.73 bits per heavy atom. The lowest BCUT2D eigenvalue weighted by Crippen LogP contribution is -1.88. The van der Waals surface area contributed by atoms with E-state index in [1.807, 2.05) is 24.3 Å². The Morgan fingerprint density at radius 1 is 0.885 bits per heavy atom. The maximum atomic E-state index is 14.2. The summed E-state index contributed by atoms with van der Waals surface area (Å²) in [5, 5.41) is 0.841. The van der Waals surface area contributed by atoms with Gasteiger partial charge < -0.3 is 4.42 Å². The molecule has 4 aromatic rings. The van der Waals surface area contributed by atoms with Gasteiger partial charge in [-0.25, -0.2) is 8.78 Å². The van der Waals surface area contributed by atoms with E-state index >= 15 is 0 Å². The number of carbonyl (C=O) groups excluding carboxylic acids is 1. The van der Waals surface area contributed by atoms with E-state index in [0.29, 0.717) is 29.6 Å². The van der Waals surface area contributed by atoms with Crippen LogP contribution >= 0.6 is 0 Å². The van der Waals surface area contributed by atoms with Gasteiger partial charge in [0, 0.05) is 10.9 Å². The number of furan rings is 1. The van der Waals surface area contributed by atoms with Crippen LogP contribution in [0.25, 0.3) is 22.3 Å². The maximum Gasteiger partial charge on any atom is 0.150 e. The van der Waals surface area contributed by atoms with E-state index in [0.717, 1.165) is 16.5 Å². The molecule has 3 aromatic carbocycles. The van der Waals surface area contributed by atoms with Gasteiger partial charge in [0.2, 0.25) is 0 Å². The summed E-state index contributed by atoms with van der Waals surface area (Å²) in [7, 11) is 0. The van der Waals surface area contributed by atoms with Gasteiger partial charge in [0.15, 0.2) is 0 Å². The Kier molecular flexibility index (Phi) is 4.09. The Hall–Kier alpha value is -3.27. The lowest BCUT2D eigenvalue weighted by Gasteiger charge is -2.02. The van der Waals surface area contributed by atoms with Crippen LogP contribution in [0.1, 0.15) is 21.5 Å². The van der Waals surface area contributed by atoms with Gasteiger partial charge in [-0.05, 0) is 60.0 Å². The van der Waals surface area contributed by atoms with Gasteiger partial charge in [0.05, 0.1) is 5.56 Å². The molecule has 0 aliphatic heterocycles. The first kappa shape index (κ1) is 16.2. The van der Waals surface area contributed by atoms with Crippen LogP contribution in [-0.2, 0) is 6.42 Å². The molecule has 0 aliphatic rings. The molecule has 0 saturated heterocycles. The monoisotopic (exact) mass is 348 g/mol. The van der Waals surface area contributed by atoms with Crippen LogP contribution in [0.4, 0.5) is 8.78 Å². The van der Waals surface area contributed by atoms with Crippen LogP contribution < -0.4 is 0 Å². The molecule has 0 radical (unpaired) electrons. The van der Waals surface area contributed by atoms with E-state index in [4.69, 9.17) is 4.42 Å². The fourth-order valence-corrected chi connectivity index (χ4v) is 3.02. The SMILES string of the molecule is O=Cc1ccc(-c2cc3cc(Cc4cccc(F)c4)ccc3o2)c(F)c1. The van der Waals surface area contributed by atoms with E-state index < -0.39 is 5.82 Å². The van der Waals surface area contributed by atoms with Crippen molar-refractivity contribution >= 4 is 17.3 Å². The topological polar surface area (TPSA) is 30.2 Å². The molecule has 1 aromatic heterocycles. The Balaban J connectivity index is 1.69. The van der Waals surface area contributed by atoms with Crippen LogP contribution in [-0.4, -0.2) is 6.29 Å². The molecule has 0 atom stereocenters. The fraction of sp³-hybridized carbons (Fsp3) is 0.0455. The second-order valence-electron chi connectivity index (χ2n) is 6.15. The minimum absolute atomic E-state index is 0.261. The number of rotatable bonds is 4. The summed E-state index contributed by atoms with van der Waals surface area (Å²) in [6.07, 6.45) is 1.20. The summed E-state index contributed by atoms with van der Waals surface area (Å²) in [4.78, 5) is 10.7. The third-order valence-electron chi connectivity index (χ3n) is 4.27. The highest BCUT2D eigenvalue weighted by molar-refractivity contribution is 5.84. The number of carbonyl (C=O) groups is 1. The molecule has 1 heterocycles. The van der Waals surface area contributed by atoms with Gasteiger partial charge >= 0.3 is 0 Å². The van der Waals surface area contributed by atoms with Crippen molar-refractivity contribution in [3.63, 3.8) is 0 Å². The lowest BCUT2D eigenvalue weighted by molar-refractivity contribution is 0.112. The molecule has 4 heteroatoms. The number of hydrogen-bond donors (Lipinski definition) is 0. The summed E-state index contributed by atoms with van der Waals surface area (Å²) in [5.41, 5.74) is 3.11. The van der Waals surface area contributed by atoms with E-state index in [9.17, 15) is 13.6 Å². The summed E-state index contributed by atoms with van der Waals surface area (Å²) in [5.74, 6) is -0.366. The quantitative estimate of drug-likeness (QED) is 0.438. The average Bonchev–Trinajstić information content (AvgIpc) is 3.04. The van der Waals surface area contributed by atoms with Crippen molar-refractivity contribution in [3.05, 3.63) is 95.1 Å². The normalized spacial score (nSPS) is 11.0. The van der Waals surface area contributed by atoms with Gasteiger partial charge in [0.25, 0.3) is 0 Å². The summed E-state index contributed by atoms with van der Waals surface area (Å²) >= 11 is 0. The summed E-state index contributed by atoms with van der Waals surface area (Å²) in [6, 6.07) is 18.2. The first-order valence-corrected chi connectivity index (χ1v) is 8.14. The van der Waals surface area contributed by atoms with Crippen molar-refractivity contribution in [1.29, 1.82) is 0 Å². The zero-order valence-electron chi connectivity index (χ0n) is 13.7. The molecule has 0 N–H and O–H groups in total. The maximum absolute atomic E-state index is 14.2. The number of halogens is 2. The highest BCUT2D eigenvalue weighted by atomic mass is 19.1. The predicted octanol–water partition coefficient (Wildman–Crippen LogP) is 5.78. The highest BCUT2D eigenvalue weighted by Crippen LogP contribution is 2.31. The molecule has 0 aliphatic carbocycles. The minimum Gasteiger partial charge on any atom is -0.456 e. The molecule has 0 spiro atoms. The molecule has 0 saturated carbocycles. The zero-order valence-corrected chi connectivity index (χ0v) is 13.7. The molecular weight excluding hydrogens is 334 g/mol. The fourth-order valence-electron chi connectivity index (χ4n) is 3.02. The molecule has 0 bridgehead atoms. The predicted molar refractivity (Wildman–Crippen MR) is 96.2 cm³/mol. The van der Waals surface area contributed by atoms with Crippen molar-refractivity contribution < 1.29 is 18.0 Å². The van der Waals surface area contributed by atoms with Gasteiger partial charge in [0.1, 0.15) is 29.3 Å². The van der Waals surface area contributed by atoms with Gasteiger partial charge in [-0.15, -0.1) is 0 Å². The van der Waals surface area contributed by atoms with E-state index in [2.05, 4.69) is 0 Å².